The Labute approximate surface area is 208 Å². The van der Waals surface area contributed by atoms with Gasteiger partial charge >= 0.3 is 0 Å². The highest BCUT2D eigenvalue weighted by molar-refractivity contribution is 8.00. The fourth-order valence-electron chi connectivity index (χ4n) is 4.86. The molecule has 1 N–H and O–H groups in total. The van der Waals surface area contributed by atoms with Crippen molar-refractivity contribution in [2.75, 3.05) is 18.8 Å². The Balaban J connectivity index is 1.40. The fraction of sp³-hybridized carbons (Fsp3) is 0.259. The first-order valence-electron chi connectivity index (χ1n) is 11.3. The lowest BCUT2D eigenvalue weighted by Gasteiger charge is -2.38. The Bertz CT molecular complexity index is 1220. The molecular formula is C27H25ClN2O3S. The first-order valence-corrected chi connectivity index (χ1v) is 12.8. The van der Waals surface area contributed by atoms with E-state index in [2.05, 4.69) is 6.07 Å². The highest BCUT2D eigenvalue weighted by Crippen LogP contribution is 2.41. The quantitative estimate of drug-likeness (QED) is 0.533. The molecule has 3 aromatic rings. The molecule has 1 saturated heterocycles. The number of hydrogen-bond donors (Lipinski definition) is 1. The van der Waals surface area contributed by atoms with Crippen molar-refractivity contribution in [3.05, 3.63) is 100 Å². The number of fused-ring (bicyclic) bond motifs is 1. The normalized spacial score (nSPS) is 19.9. The summed E-state index contributed by atoms with van der Waals surface area (Å²) in [5.41, 5.74) is 3.84. The highest BCUT2D eigenvalue weighted by atomic mass is 35.5. The van der Waals surface area contributed by atoms with Gasteiger partial charge in [-0.05, 0) is 41.3 Å². The molecule has 1 fully saturated rings. The van der Waals surface area contributed by atoms with Crippen molar-refractivity contribution in [1.82, 2.24) is 9.80 Å². The van der Waals surface area contributed by atoms with Crippen molar-refractivity contribution in [3.8, 4) is 5.75 Å². The van der Waals surface area contributed by atoms with Crippen molar-refractivity contribution in [2.45, 2.75) is 24.3 Å². The van der Waals surface area contributed by atoms with Crippen LogP contribution in [0, 0.1) is 0 Å². The summed E-state index contributed by atoms with van der Waals surface area (Å²) in [4.78, 5) is 29.8. The number of halogens is 1. The summed E-state index contributed by atoms with van der Waals surface area (Å²) in [6.45, 7) is 0.897. The third-order valence-corrected chi connectivity index (χ3v) is 8.00. The van der Waals surface area contributed by atoms with Crippen LogP contribution in [-0.2, 0) is 16.0 Å². The average molecular weight is 493 g/mol. The molecule has 0 aliphatic carbocycles. The minimum absolute atomic E-state index is 0.0459. The number of thioether (sulfide) groups is 1. The van der Waals surface area contributed by atoms with E-state index >= 15 is 0 Å². The van der Waals surface area contributed by atoms with E-state index in [-0.39, 0.29) is 29.4 Å². The number of phenolic OH excluding ortho intramolecular Hbond substituents is 1. The van der Waals surface area contributed by atoms with Crippen molar-refractivity contribution < 1.29 is 14.7 Å². The van der Waals surface area contributed by atoms with Gasteiger partial charge in [0.05, 0.1) is 11.8 Å². The standard InChI is InChI=1S/C27H25ClN2O3S/c28-20-10-11-23(31)22(16-20)26-21-9-5-4-6-18(21)12-14-29(26)24(32)13-15-30-25(33)17-34-27(30)19-7-2-1-3-8-19/h1-11,16,26-27,31H,12-15,17H2. The van der Waals surface area contributed by atoms with Gasteiger partial charge in [0.2, 0.25) is 11.8 Å². The van der Waals surface area contributed by atoms with Gasteiger partial charge in [-0.3, -0.25) is 9.59 Å². The Morgan fingerprint density at radius 2 is 1.79 bits per heavy atom. The maximum atomic E-state index is 13.6. The van der Waals surface area contributed by atoms with Crippen LogP contribution in [0.2, 0.25) is 5.02 Å². The number of hydrogen-bond acceptors (Lipinski definition) is 4. The number of benzene rings is 3. The maximum Gasteiger partial charge on any atom is 0.233 e. The molecule has 2 heterocycles. The van der Waals surface area contributed by atoms with Crippen molar-refractivity contribution >= 4 is 35.2 Å². The first-order chi connectivity index (χ1) is 16.5. The van der Waals surface area contributed by atoms with Crippen molar-refractivity contribution in [2.24, 2.45) is 0 Å². The predicted octanol–water partition coefficient (Wildman–Crippen LogP) is 5.18. The molecule has 2 aliphatic rings. The Morgan fingerprint density at radius 1 is 1.03 bits per heavy atom. The van der Waals surface area contributed by atoms with Crippen molar-refractivity contribution in [1.29, 1.82) is 0 Å². The van der Waals surface area contributed by atoms with Gasteiger partial charge in [-0.15, -0.1) is 11.8 Å². The number of rotatable bonds is 5. The van der Waals surface area contributed by atoms with Gasteiger partial charge in [-0.2, -0.15) is 0 Å². The predicted molar refractivity (Wildman–Crippen MR) is 135 cm³/mol. The smallest absolute Gasteiger partial charge is 0.233 e. The molecule has 0 bridgehead atoms. The topological polar surface area (TPSA) is 60.9 Å². The maximum absolute atomic E-state index is 13.6. The molecule has 174 valence electrons. The van der Waals surface area contributed by atoms with Crippen LogP contribution < -0.4 is 0 Å². The fourth-order valence-corrected chi connectivity index (χ4v) is 6.26. The number of aromatic hydroxyl groups is 1. The lowest BCUT2D eigenvalue weighted by molar-refractivity contribution is -0.135. The van der Waals surface area contributed by atoms with Gasteiger partial charge < -0.3 is 14.9 Å². The zero-order valence-corrected chi connectivity index (χ0v) is 20.1. The summed E-state index contributed by atoms with van der Waals surface area (Å²) in [5, 5.41) is 11.1. The van der Waals surface area contributed by atoms with E-state index in [0.717, 1.165) is 23.1 Å². The molecular weight excluding hydrogens is 468 g/mol. The largest absolute Gasteiger partial charge is 0.508 e. The number of carbonyl (C=O) groups is 2. The Morgan fingerprint density at radius 3 is 2.62 bits per heavy atom. The molecule has 0 radical (unpaired) electrons. The lowest BCUT2D eigenvalue weighted by Crippen LogP contribution is -2.42. The second-order valence-corrected chi connectivity index (χ2v) is 10.1. The first kappa shape index (κ1) is 22.8. The minimum atomic E-state index is -0.426. The van der Waals surface area contributed by atoms with Gasteiger partial charge in [-0.1, -0.05) is 66.2 Å². The second kappa shape index (κ2) is 9.72. The van der Waals surface area contributed by atoms with E-state index in [1.54, 1.807) is 30.0 Å². The Hall–Kier alpha value is -2.96. The molecule has 2 atom stereocenters. The van der Waals surface area contributed by atoms with Crippen LogP contribution in [0.5, 0.6) is 5.75 Å². The lowest BCUT2D eigenvalue weighted by atomic mass is 9.87. The molecule has 0 spiro atoms. The van der Waals surface area contributed by atoms with Gasteiger partial charge in [0, 0.05) is 30.1 Å². The Kier molecular flexibility index (Phi) is 6.53. The van der Waals surface area contributed by atoms with Crippen molar-refractivity contribution in [3.63, 3.8) is 0 Å². The van der Waals surface area contributed by atoms with E-state index < -0.39 is 6.04 Å². The third kappa shape index (κ3) is 4.40. The van der Waals surface area contributed by atoms with Crippen LogP contribution in [0.4, 0.5) is 0 Å². The van der Waals surface area contributed by atoms with E-state index in [0.29, 0.717) is 29.4 Å². The van der Waals surface area contributed by atoms with Crippen LogP contribution in [0.3, 0.4) is 0 Å². The molecule has 5 rings (SSSR count). The molecule has 2 aliphatic heterocycles. The number of carbonyl (C=O) groups excluding carboxylic acids is 2. The third-order valence-electron chi connectivity index (χ3n) is 6.51. The molecule has 0 aromatic heterocycles. The molecule has 3 aromatic carbocycles. The zero-order chi connectivity index (χ0) is 23.7. The summed E-state index contributed by atoms with van der Waals surface area (Å²) >= 11 is 7.86. The molecule has 7 heteroatoms. The van der Waals surface area contributed by atoms with E-state index in [9.17, 15) is 14.7 Å². The summed E-state index contributed by atoms with van der Waals surface area (Å²) in [6, 6.07) is 22.5. The van der Waals surface area contributed by atoms with E-state index in [1.165, 1.54) is 0 Å². The molecule has 34 heavy (non-hydrogen) atoms. The average Bonchev–Trinajstić information content (AvgIpc) is 3.24. The van der Waals surface area contributed by atoms with Crippen LogP contribution >= 0.6 is 23.4 Å². The van der Waals surface area contributed by atoms with Crippen LogP contribution in [0.25, 0.3) is 0 Å². The van der Waals surface area contributed by atoms with Crippen LogP contribution in [0.15, 0.2) is 72.8 Å². The molecule has 0 saturated carbocycles. The number of nitrogens with zero attached hydrogens (tertiary/aromatic N) is 2. The molecule has 5 nitrogen and oxygen atoms in total. The summed E-state index contributed by atoms with van der Waals surface area (Å²) in [7, 11) is 0. The molecule has 2 amide bonds. The summed E-state index contributed by atoms with van der Waals surface area (Å²) in [6.07, 6.45) is 0.959. The summed E-state index contributed by atoms with van der Waals surface area (Å²) < 4.78 is 0. The van der Waals surface area contributed by atoms with Gasteiger partial charge in [0.15, 0.2) is 0 Å². The van der Waals surface area contributed by atoms with E-state index in [4.69, 9.17) is 11.6 Å². The van der Waals surface area contributed by atoms with Crippen LogP contribution in [-0.4, -0.2) is 45.6 Å². The monoisotopic (exact) mass is 492 g/mol. The summed E-state index contributed by atoms with van der Waals surface area (Å²) in [5.74, 6) is 0.540. The number of phenols is 1. The highest BCUT2D eigenvalue weighted by Gasteiger charge is 2.36. The van der Waals surface area contributed by atoms with Gasteiger partial charge in [0.25, 0.3) is 0 Å². The van der Waals surface area contributed by atoms with Gasteiger partial charge in [0.1, 0.15) is 11.1 Å². The van der Waals surface area contributed by atoms with Gasteiger partial charge in [-0.25, -0.2) is 0 Å². The van der Waals surface area contributed by atoms with E-state index in [1.807, 2.05) is 58.3 Å². The van der Waals surface area contributed by atoms with Crippen LogP contribution in [0.1, 0.15) is 40.1 Å². The second-order valence-electron chi connectivity index (χ2n) is 8.55. The number of amides is 2. The molecule has 2 unspecified atom stereocenters. The SMILES string of the molecule is O=C1CSC(c2ccccc2)N1CCC(=O)N1CCc2ccccc2C1c1cc(Cl)ccc1O. The zero-order valence-electron chi connectivity index (χ0n) is 18.6. The minimum Gasteiger partial charge on any atom is -0.508 e.